The molecule has 0 fully saturated rings. The molecule has 0 aliphatic rings. The van der Waals surface area contributed by atoms with Crippen LogP contribution >= 0.6 is 23.1 Å². The maximum absolute atomic E-state index is 13.2. The molecule has 0 unspecified atom stereocenters. The van der Waals surface area contributed by atoms with Gasteiger partial charge in [0.05, 0.1) is 11.4 Å². The Morgan fingerprint density at radius 3 is 2.63 bits per heavy atom. The number of carbonyl (C=O) groups is 1. The average Bonchev–Trinajstić information content (AvgIpc) is 3.28. The lowest BCUT2D eigenvalue weighted by Gasteiger charge is -2.11. The lowest BCUT2D eigenvalue weighted by atomic mass is 10.3. The number of thioether (sulfide) groups is 1. The summed E-state index contributed by atoms with van der Waals surface area (Å²) in [4.78, 5) is 25.9. The van der Waals surface area contributed by atoms with Gasteiger partial charge in [-0.15, -0.1) is 11.8 Å². The van der Waals surface area contributed by atoms with E-state index in [2.05, 4.69) is 21.9 Å². The molecule has 8 heteroatoms. The van der Waals surface area contributed by atoms with Crippen molar-refractivity contribution in [1.82, 2.24) is 9.78 Å². The fourth-order valence-electron chi connectivity index (χ4n) is 2.72. The Morgan fingerprint density at radius 1 is 1.07 bits per heavy atom. The molecule has 2 heterocycles. The van der Waals surface area contributed by atoms with Gasteiger partial charge in [0.1, 0.15) is 11.5 Å². The second kappa shape index (κ2) is 9.06. The van der Waals surface area contributed by atoms with E-state index < -0.39 is 17.3 Å². The first kappa shape index (κ1) is 20.1. The first-order valence-electron chi connectivity index (χ1n) is 9.01. The highest BCUT2D eigenvalue weighted by atomic mass is 32.2. The molecule has 4 rings (SSSR count). The minimum atomic E-state index is -0.436. The summed E-state index contributed by atoms with van der Waals surface area (Å²) in [6.07, 6.45) is 0. The van der Waals surface area contributed by atoms with Crippen molar-refractivity contribution in [2.75, 3.05) is 5.32 Å². The van der Waals surface area contributed by atoms with Gasteiger partial charge in [0, 0.05) is 16.7 Å². The van der Waals surface area contributed by atoms with Gasteiger partial charge >= 0.3 is 0 Å². The third-order valence-corrected chi connectivity index (χ3v) is 6.09. The predicted octanol–water partition coefficient (Wildman–Crippen LogP) is 4.98. The summed E-state index contributed by atoms with van der Waals surface area (Å²) in [5.41, 5.74) is 1.94. The zero-order valence-corrected chi connectivity index (χ0v) is 17.3. The summed E-state index contributed by atoms with van der Waals surface area (Å²) >= 11 is 3.27. The first-order valence-corrected chi connectivity index (χ1v) is 10.9. The summed E-state index contributed by atoms with van der Waals surface area (Å²) in [5, 5.41) is 11.1. The van der Waals surface area contributed by atoms with Crippen LogP contribution in [0.1, 0.15) is 16.1 Å². The highest BCUT2D eigenvalue weighted by Crippen LogP contribution is 2.30. The van der Waals surface area contributed by atoms with E-state index >= 15 is 0 Å². The molecule has 0 saturated heterocycles. The number of benzene rings is 2. The van der Waals surface area contributed by atoms with Crippen molar-refractivity contribution < 1.29 is 9.18 Å². The van der Waals surface area contributed by atoms with Crippen molar-refractivity contribution in [2.45, 2.75) is 10.6 Å². The van der Waals surface area contributed by atoms with E-state index in [0.717, 1.165) is 15.3 Å². The summed E-state index contributed by atoms with van der Waals surface area (Å²) in [6.45, 7) is 0. The van der Waals surface area contributed by atoms with Gasteiger partial charge in [-0.05, 0) is 64.9 Å². The molecule has 4 aromatic rings. The minimum Gasteiger partial charge on any atom is -0.320 e. The predicted molar refractivity (Wildman–Crippen MR) is 118 cm³/mol. The van der Waals surface area contributed by atoms with Crippen LogP contribution in [0.2, 0.25) is 0 Å². The highest BCUT2D eigenvalue weighted by molar-refractivity contribution is 7.98. The highest BCUT2D eigenvalue weighted by Gasteiger charge is 2.13. The third kappa shape index (κ3) is 4.67. The Morgan fingerprint density at radius 2 is 1.87 bits per heavy atom. The Labute approximate surface area is 180 Å². The maximum Gasteiger partial charge on any atom is 0.276 e. The van der Waals surface area contributed by atoms with E-state index in [4.69, 9.17) is 0 Å². The van der Waals surface area contributed by atoms with Crippen LogP contribution in [0.4, 0.5) is 10.1 Å². The van der Waals surface area contributed by atoms with Crippen LogP contribution in [0.5, 0.6) is 0 Å². The molecular formula is C22H16FN3O2S2. The number of para-hydroxylation sites is 1. The summed E-state index contributed by atoms with van der Waals surface area (Å²) in [7, 11) is 0. The number of nitrogens with zero attached hydrogens (tertiary/aromatic N) is 2. The van der Waals surface area contributed by atoms with Gasteiger partial charge in [-0.1, -0.05) is 12.1 Å². The van der Waals surface area contributed by atoms with Crippen LogP contribution in [0.3, 0.4) is 0 Å². The standard InChI is InChI=1S/C22H16FN3O2S2/c23-16-5-7-17(8-6-16)26-21(27)10-9-19(25-26)22(28)24-18-3-1-2-4-20(18)30-14-15-11-12-29-13-15/h1-13H,14H2,(H,24,28). The second-order valence-corrected chi connectivity index (χ2v) is 8.11. The number of rotatable bonds is 6. The van der Waals surface area contributed by atoms with E-state index in [1.165, 1.54) is 42.0 Å². The Bertz CT molecular complexity index is 1220. The number of amides is 1. The molecule has 5 nitrogen and oxygen atoms in total. The first-order chi connectivity index (χ1) is 14.6. The molecule has 0 radical (unpaired) electrons. The summed E-state index contributed by atoms with van der Waals surface area (Å²) in [5.74, 6) is -0.0592. The maximum atomic E-state index is 13.2. The van der Waals surface area contributed by atoms with E-state index in [1.54, 1.807) is 23.1 Å². The van der Waals surface area contributed by atoms with Crippen LogP contribution in [-0.2, 0) is 5.75 Å². The van der Waals surface area contributed by atoms with Crippen LogP contribution in [0.15, 0.2) is 87.2 Å². The van der Waals surface area contributed by atoms with Crippen molar-refractivity contribution in [1.29, 1.82) is 0 Å². The number of aromatic nitrogens is 2. The van der Waals surface area contributed by atoms with Gasteiger partial charge in [-0.3, -0.25) is 9.59 Å². The topological polar surface area (TPSA) is 64.0 Å². The number of thiophene rings is 1. The molecule has 2 aromatic heterocycles. The normalized spacial score (nSPS) is 10.7. The number of carbonyl (C=O) groups excluding carboxylic acids is 1. The van der Waals surface area contributed by atoms with Crippen LogP contribution in [-0.4, -0.2) is 15.7 Å². The summed E-state index contributed by atoms with van der Waals surface area (Å²) < 4.78 is 14.2. The molecule has 0 aliphatic heterocycles. The SMILES string of the molecule is O=C(Nc1ccccc1SCc1ccsc1)c1ccc(=O)n(-c2ccc(F)cc2)n1. The van der Waals surface area contributed by atoms with E-state index in [1.807, 2.05) is 29.6 Å². The molecule has 1 amide bonds. The second-order valence-electron chi connectivity index (χ2n) is 6.32. The molecular weight excluding hydrogens is 421 g/mol. The number of anilines is 1. The average molecular weight is 438 g/mol. The lowest BCUT2D eigenvalue weighted by molar-refractivity contribution is 0.102. The van der Waals surface area contributed by atoms with Crippen LogP contribution in [0.25, 0.3) is 5.69 Å². The van der Waals surface area contributed by atoms with Crippen molar-refractivity contribution in [3.63, 3.8) is 0 Å². The molecule has 30 heavy (non-hydrogen) atoms. The third-order valence-electron chi connectivity index (χ3n) is 4.21. The molecule has 0 aliphatic carbocycles. The molecule has 150 valence electrons. The van der Waals surface area contributed by atoms with Gasteiger partial charge < -0.3 is 5.32 Å². The molecule has 0 atom stereocenters. The molecule has 1 N–H and O–H groups in total. The Hall–Kier alpha value is -3.23. The molecule has 2 aromatic carbocycles. The monoisotopic (exact) mass is 437 g/mol. The largest absolute Gasteiger partial charge is 0.320 e. The number of nitrogens with one attached hydrogen (secondary N) is 1. The zero-order chi connectivity index (χ0) is 20.9. The fourth-order valence-corrected chi connectivity index (χ4v) is 4.44. The van der Waals surface area contributed by atoms with Gasteiger partial charge in [0.15, 0.2) is 0 Å². The van der Waals surface area contributed by atoms with E-state index in [9.17, 15) is 14.0 Å². The van der Waals surface area contributed by atoms with E-state index in [0.29, 0.717) is 11.4 Å². The van der Waals surface area contributed by atoms with Crippen molar-refractivity contribution in [3.8, 4) is 5.69 Å². The number of hydrogen-bond donors (Lipinski definition) is 1. The van der Waals surface area contributed by atoms with Gasteiger partial charge in [0.25, 0.3) is 11.5 Å². The number of hydrogen-bond acceptors (Lipinski definition) is 5. The van der Waals surface area contributed by atoms with Crippen LogP contribution in [0, 0.1) is 5.82 Å². The quantitative estimate of drug-likeness (QED) is 0.432. The fraction of sp³-hybridized carbons (Fsp3) is 0.0455. The van der Waals surface area contributed by atoms with Gasteiger partial charge in [0.2, 0.25) is 0 Å². The Balaban J connectivity index is 1.55. The van der Waals surface area contributed by atoms with Crippen LogP contribution < -0.4 is 10.9 Å². The smallest absolute Gasteiger partial charge is 0.276 e. The van der Waals surface area contributed by atoms with Gasteiger partial charge in [-0.25, -0.2) is 4.39 Å². The molecule has 0 saturated carbocycles. The number of halogens is 1. The lowest BCUT2D eigenvalue weighted by Crippen LogP contribution is -2.25. The van der Waals surface area contributed by atoms with Crippen molar-refractivity contribution in [2.24, 2.45) is 0 Å². The minimum absolute atomic E-state index is 0.0802. The van der Waals surface area contributed by atoms with E-state index in [-0.39, 0.29) is 5.69 Å². The van der Waals surface area contributed by atoms with Crippen molar-refractivity contribution >= 4 is 34.7 Å². The summed E-state index contributed by atoms with van der Waals surface area (Å²) in [6, 6.07) is 17.6. The van der Waals surface area contributed by atoms with Crippen molar-refractivity contribution in [3.05, 3.63) is 105 Å². The Kier molecular flexibility index (Phi) is 6.06. The zero-order valence-electron chi connectivity index (χ0n) is 15.6. The van der Waals surface area contributed by atoms with Gasteiger partial charge in [-0.2, -0.15) is 21.1 Å². The molecule has 0 bridgehead atoms. The molecule has 0 spiro atoms.